The molecule has 2 aromatic rings. The van der Waals surface area contributed by atoms with Crippen LogP contribution >= 0.6 is 0 Å². The first-order valence-electron chi connectivity index (χ1n) is 8.44. The van der Waals surface area contributed by atoms with Crippen LogP contribution in [0.1, 0.15) is 16.7 Å². The SMILES string of the molecule is Cc1ccc(C2=C(Cc3ccccc3)NC3C(=O)C=C(N=O)N=C23)cc1. The maximum absolute atomic E-state index is 12.4. The highest BCUT2D eigenvalue weighted by Crippen LogP contribution is 2.32. The Balaban J connectivity index is 1.84. The summed E-state index contributed by atoms with van der Waals surface area (Å²) in [5.41, 5.74) is 5.63. The Morgan fingerprint density at radius 2 is 1.81 bits per heavy atom. The maximum Gasteiger partial charge on any atom is 0.200 e. The predicted molar refractivity (Wildman–Crippen MR) is 101 cm³/mol. The summed E-state index contributed by atoms with van der Waals surface area (Å²) in [6, 6.07) is 17.6. The Kier molecular flexibility index (Phi) is 4.05. The molecule has 0 aromatic heterocycles. The van der Waals surface area contributed by atoms with E-state index in [1.165, 1.54) is 6.08 Å². The van der Waals surface area contributed by atoms with Crippen LogP contribution in [0.5, 0.6) is 0 Å². The molecule has 0 fully saturated rings. The van der Waals surface area contributed by atoms with Crippen molar-refractivity contribution in [2.45, 2.75) is 19.4 Å². The average Bonchev–Trinajstić information content (AvgIpc) is 3.01. The minimum atomic E-state index is -0.560. The first kappa shape index (κ1) is 16.1. The molecular formula is C21H17N3O2. The summed E-state index contributed by atoms with van der Waals surface area (Å²) in [5.74, 6) is -0.272. The zero-order valence-corrected chi connectivity index (χ0v) is 14.3. The molecule has 2 aromatic carbocycles. The Morgan fingerprint density at radius 1 is 1.08 bits per heavy atom. The Hall–Kier alpha value is -3.34. The number of hydrogen-bond donors (Lipinski definition) is 1. The number of benzene rings is 2. The number of allylic oxidation sites excluding steroid dienone is 1. The molecule has 26 heavy (non-hydrogen) atoms. The zero-order valence-electron chi connectivity index (χ0n) is 14.3. The van der Waals surface area contributed by atoms with Crippen LogP contribution < -0.4 is 5.32 Å². The minimum Gasteiger partial charge on any atom is -0.373 e. The molecular weight excluding hydrogens is 326 g/mol. The Labute approximate surface area is 151 Å². The molecule has 0 aliphatic carbocycles. The summed E-state index contributed by atoms with van der Waals surface area (Å²) < 4.78 is 0. The Bertz CT molecular complexity index is 970. The van der Waals surface area contributed by atoms with E-state index < -0.39 is 6.04 Å². The van der Waals surface area contributed by atoms with Crippen LogP contribution in [0.25, 0.3) is 5.57 Å². The zero-order chi connectivity index (χ0) is 18.1. The first-order chi connectivity index (χ1) is 12.7. The van der Waals surface area contributed by atoms with E-state index in [4.69, 9.17) is 0 Å². The van der Waals surface area contributed by atoms with Crippen molar-refractivity contribution in [3.05, 3.63) is 93.8 Å². The summed E-state index contributed by atoms with van der Waals surface area (Å²) >= 11 is 0. The van der Waals surface area contributed by atoms with Crippen molar-refractivity contribution in [3.8, 4) is 0 Å². The van der Waals surface area contributed by atoms with Gasteiger partial charge in [-0.2, -0.15) is 0 Å². The monoisotopic (exact) mass is 343 g/mol. The number of nitrogens with zero attached hydrogens (tertiary/aromatic N) is 2. The predicted octanol–water partition coefficient (Wildman–Crippen LogP) is 3.55. The number of fused-ring (bicyclic) bond motifs is 1. The van der Waals surface area contributed by atoms with Gasteiger partial charge in [0, 0.05) is 23.8 Å². The van der Waals surface area contributed by atoms with Gasteiger partial charge >= 0.3 is 0 Å². The molecule has 0 amide bonds. The average molecular weight is 343 g/mol. The van der Waals surface area contributed by atoms with Crippen LogP contribution in [0.4, 0.5) is 0 Å². The summed E-state index contributed by atoms with van der Waals surface area (Å²) in [6.45, 7) is 2.03. The number of nitrogens with one attached hydrogen (secondary N) is 1. The number of aliphatic imine (C=N–C) groups is 1. The second-order valence-corrected chi connectivity index (χ2v) is 6.45. The van der Waals surface area contributed by atoms with Gasteiger partial charge in [-0.05, 0) is 23.2 Å². The van der Waals surface area contributed by atoms with Crippen molar-refractivity contribution in [2.24, 2.45) is 10.2 Å². The quantitative estimate of drug-likeness (QED) is 0.863. The number of carbonyl (C=O) groups excluding carboxylic acids is 1. The summed E-state index contributed by atoms with van der Waals surface area (Å²) in [4.78, 5) is 27.7. The van der Waals surface area contributed by atoms with Crippen molar-refractivity contribution >= 4 is 17.1 Å². The fourth-order valence-corrected chi connectivity index (χ4v) is 3.33. The number of carbonyl (C=O) groups is 1. The molecule has 5 heteroatoms. The van der Waals surface area contributed by atoms with Crippen molar-refractivity contribution in [2.75, 3.05) is 0 Å². The van der Waals surface area contributed by atoms with Crippen molar-refractivity contribution in [1.29, 1.82) is 0 Å². The highest BCUT2D eigenvalue weighted by atomic mass is 16.3. The molecule has 2 heterocycles. The van der Waals surface area contributed by atoms with Gasteiger partial charge in [0.2, 0.25) is 0 Å². The third kappa shape index (κ3) is 2.88. The minimum absolute atomic E-state index is 0.0753. The number of hydrogen-bond acceptors (Lipinski definition) is 5. The van der Waals surface area contributed by atoms with Gasteiger partial charge in [-0.1, -0.05) is 60.2 Å². The van der Waals surface area contributed by atoms with Gasteiger partial charge in [0.05, 0.1) is 5.71 Å². The van der Waals surface area contributed by atoms with Crippen LogP contribution in [0.3, 0.4) is 0 Å². The van der Waals surface area contributed by atoms with E-state index >= 15 is 0 Å². The Morgan fingerprint density at radius 3 is 2.50 bits per heavy atom. The van der Waals surface area contributed by atoms with Crippen LogP contribution in [-0.2, 0) is 11.2 Å². The fraction of sp³-hybridized carbons (Fsp3) is 0.143. The van der Waals surface area contributed by atoms with Crippen LogP contribution in [0, 0.1) is 11.8 Å². The smallest absolute Gasteiger partial charge is 0.200 e. The molecule has 0 saturated carbocycles. The van der Waals surface area contributed by atoms with Gasteiger partial charge in [0.15, 0.2) is 11.6 Å². The van der Waals surface area contributed by atoms with Crippen molar-refractivity contribution in [3.63, 3.8) is 0 Å². The van der Waals surface area contributed by atoms with Gasteiger partial charge < -0.3 is 5.32 Å². The van der Waals surface area contributed by atoms with Gasteiger partial charge in [0.1, 0.15) is 6.04 Å². The molecule has 0 bridgehead atoms. The summed E-state index contributed by atoms with van der Waals surface area (Å²) in [7, 11) is 0. The second kappa shape index (κ2) is 6.52. The lowest BCUT2D eigenvalue weighted by Crippen LogP contribution is -2.38. The molecule has 1 N–H and O–H groups in total. The summed E-state index contributed by atoms with van der Waals surface area (Å²) in [6.07, 6.45) is 1.85. The van der Waals surface area contributed by atoms with E-state index in [0.717, 1.165) is 28.0 Å². The number of nitroso groups, excluding NO2 is 1. The largest absolute Gasteiger partial charge is 0.373 e. The van der Waals surface area contributed by atoms with E-state index in [9.17, 15) is 9.70 Å². The van der Waals surface area contributed by atoms with E-state index in [1.807, 2.05) is 61.5 Å². The molecule has 2 aliphatic rings. The van der Waals surface area contributed by atoms with E-state index in [0.29, 0.717) is 12.1 Å². The third-order valence-corrected chi connectivity index (χ3v) is 4.60. The molecule has 0 radical (unpaired) electrons. The lowest BCUT2D eigenvalue weighted by molar-refractivity contribution is -0.115. The van der Waals surface area contributed by atoms with Crippen LogP contribution in [0.2, 0.25) is 0 Å². The molecule has 1 unspecified atom stereocenters. The standard InChI is InChI=1S/C21H17N3O2/c1-13-7-9-15(10-8-13)19-16(11-14-5-3-2-4-6-14)22-20-17(25)12-18(24-26)23-21(19)20/h2-10,12,20,22H,11H2,1H3. The molecule has 0 spiro atoms. The van der Waals surface area contributed by atoms with Gasteiger partial charge in [-0.25, -0.2) is 4.99 Å². The lowest BCUT2D eigenvalue weighted by Gasteiger charge is -2.15. The van der Waals surface area contributed by atoms with Crippen LogP contribution in [0.15, 0.2) is 82.4 Å². The number of ketones is 1. The molecule has 1 atom stereocenters. The van der Waals surface area contributed by atoms with Gasteiger partial charge in [-0.15, -0.1) is 4.91 Å². The number of aryl methyl sites for hydroxylation is 1. The van der Waals surface area contributed by atoms with Crippen molar-refractivity contribution < 1.29 is 4.79 Å². The molecule has 4 rings (SSSR count). The highest BCUT2D eigenvalue weighted by molar-refractivity contribution is 6.37. The molecule has 2 aliphatic heterocycles. The van der Waals surface area contributed by atoms with E-state index in [1.54, 1.807) is 0 Å². The third-order valence-electron chi connectivity index (χ3n) is 4.60. The highest BCUT2D eigenvalue weighted by Gasteiger charge is 2.37. The normalized spacial score (nSPS) is 18.8. The summed E-state index contributed by atoms with van der Waals surface area (Å²) in [5, 5.41) is 6.17. The molecule has 128 valence electrons. The van der Waals surface area contributed by atoms with Crippen molar-refractivity contribution in [1.82, 2.24) is 5.32 Å². The van der Waals surface area contributed by atoms with E-state index in [2.05, 4.69) is 15.5 Å². The van der Waals surface area contributed by atoms with Gasteiger partial charge in [0.25, 0.3) is 0 Å². The second-order valence-electron chi connectivity index (χ2n) is 6.45. The number of rotatable bonds is 4. The maximum atomic E-state index is 12.4. The lowest BCUT2D eigenvalue weighted by atomic mass is 9.93. The van der Waals surface area contributed by atoms with E-state index in [-0.39, 0.29) is 11.6 Å². The topological polar surface area (TPSA) is 70.9 Å². The first-order valence-corrected chi connectivity index (χ1v) is 8.44. The van der Waals surface area contributed by atoms with Crippen LogP contribution in [-0.4, -0.2) is 17.5 Å². The fourth-order valence-electron chi connectivity index (χ4n) is 3.33. The van der Waals surface area contributed by atoms with Gasteiger partial charge in [-0.3, -0.25) is 4.79 Å². The molecule has 0 saturated heterocycles. The molecule has 5 nitrogen and oxygen atoms in total.